The summed E-state index contributed by atoms with van der Waals surface area (Å²) in [5, 5.41) is 11.9. The lowest BCUT2D eigenvalue weighted by atomic mass is 10.1. The van der Waals surface area contributed by atoms with Crippen LogP contribution in [0.2, 0.25) is 0 Å². The highest BCUT2D eigenvalue weighted by molar-refractivity contribution is 5.90. The normalized spacial score (nSPS) is 16.4. The summed E-state index contributed by atoms with van der Waals surface area (Å²) in [6.45, 7) is 3.42. The Labute approximate surface area is 141 Å². The predicted molar refractivity (Wildman–Crippen MR) is 87.7 cm³/mol. The molecule has 1 saturated heterocycles. The molecule has 1 aliphatic heterocycles. The van der Waals surface area contributed by atoms with Crippen LogP contribution in [0.4, 0.5) is 10.5 Å². The molecular formula is C17H21N3O4. The molecule has 1 atom stereocenters. The standard InChI is InChI=1S/C17H21N3O4/c1-3-24-15-5-4-14(9-13(15)10-18)19-17(22)20-7-6-12(11-20)8-16(21)23-2/h4-5,9,12H,3,6-8,11H2,1-2H3,(H,19,22). The van der Waals surface area contributed by atoms with Crippen molar-refractivity contribution in [1.82, 2.24) is 4.90 Å². The number of carbonyl (C=O) groups excluding carboxylic acids is 2. The molecule has 1 aromatic carbocycles. The average Bonchev–Trinajstić information content (AvgIpc) is 3.04. The first-order valence-electron chi connectivity index (χ1n) is 7.87. The number of hydrogen-bond acceptors (Lipinski definition) is 5. The molecule has 1 heterocycles. The summed E-state index contributed by atoms with van der Waals surface area (Å²) in [7, 11) is 1.36. The van der Waals surface area contributed by atoms with Crippen LogP contribution in [-0.2, 0) is 9.53 Å². The Balaban J connectivity index is 1.95. The summed E-state index contributed by atoms with van der Waals surface area (Å²) >= 11 is 0. The number of anilines is 1. The molecule has 0 aromatic heterocycles. The lowest BCUT2D eigenvalue weighted by molar-refractivity contribution is -0.141. The first-order chi connectivity index (χ1) is 11.6. The van der Waals surface area contributed by atoms with E-state index in [-0.39, 0.29) is 17.9 Å². The zero-order chi connectivity index (χ0) is 17.5. The third-order valence-electron chi connectivity index (χ3n) is 3.91. The monoisotopic (exact) mass is 331 g/mol. The number of hydrogen-bond donors (Lipinski definition) is 1. The fourth-order valence-electron chi connectivity index (χ4n) is 2.68. The fourth-order valence-corrected chi connectivity index (χ4v) is 2.68. The lowest BCUT2D eigenvalue weighted by Crippen LogP contribution is -2.33. The van der Waals surface area contributed by atoms with Crippen molar-refractivity contribution in [3.05, 3.63) is 23.8 Å². The topological polar surface area (TPSA) is 91.7 Å². The Hall–Kier alpha value is -2.75. The highest BCUT2D eigenvalue weighted by atomic mass is 16.5. The lowest BCUT2D eigenvalue weighted by Gasteiger charge is -2.17. The molecule has 7 heteroatoms. The van der Waals surface area contributed by atoms with Gasteiger partial charge in [0.1, 0.15) is 11.8 Å². The number of nitrogens with zero attached hydrogens (tertiary/aromatic N) is 2. The quantitative estimate of drug-likeness (QED) is 0.836. The Kier molecular flexibility index (Phi) is 6.01. The maximum Gasteiger partial charge on any atom is 0.321 e. The number of carbonyl (C=O) groups is 2. The molecule has 1 N–H and O–H groups in total. The van der Waals surface area contributed by atoms with Gasteiger partial charge in [0.05, 0.1) is 25.7 Å². The number of nitrogens with one attached hydrogen (secondary N) is 1. The molecule has 128 valence electrons. The number of methoxy groups -OCH3 is 1. The third-order valence-corrected chi connectivity index (χ3v) is 3.91. The van der Waals surface area contributed by atoms with Gasteiger partial charge < -0.3 is 19.7 Å². The van der Waals surface area contributed by atoms with Crippen molar-refractivity contribution in [3.63, 3.8) is 0 Å². The van der Waals surface area contributed by atoms with E-state index in [1.54, 1.807) is 23.1 Å². The molecule has 24 heavy (non-hydrogen) atoms. The van der Waals surface area contributed by atoms with Gasteiger partial charge in [0.25, 0.3) is 0 Å². The number of ether oxygens (including phenoxy) is 2. The molecule has 2 amide bonds. The number of urea groups is 1. The SMILES string of the molecule is CCOc1ccc(NC(=O)N2CCC(CC(=O)OC)C2)cc1C#N. The van der Waals surface area contributed by atoms with Crippen molar-refractivity contribution in [2.45, 2.75) is 19.8 Å². The predicted octanol–water partition coefficient (Wildman–Crippen LogP) is 2.37. The van der Waals surface area contributed by atoms with Crippen molar-refractivity contribution in [2.24, 2.45) is 5.92 Å². The highest BCUT2D eigenvalue weighted by Gasteiger charge is 2.28. The van der Waals surface area contributed by atoms with Crippen LogP contribution in [-0.4, -0.2) is 43.7 Å². The van der Waals surface area contributed by atoms with E-state index < -0.39 is 0 Å². The molecule has 1 aliphatic rings. The summed E-state index contributed by atoms with van der Waals surface area (Å²) in [5.41, 5.74) is 0.913. The number of likely N-dealkylation sites (tertiary alicyclic amines) is 1. The van der Waals surface area contributed by atoms with E-state index in [1.807, 2.05) is 6.92 Å². The molecular weight excluding hydrogens is 310 g/mol. The van der Waals surface area contributed by atoms with Gasteiger partial charge in [-0.1, -0.05) is 0 Å². The van der Waals surface area contributed by atoms with Crippen LogP contribution >= 0.6 is 0 Å². The molecule has 1 unspecified atom stereocenters. The smallest absolute Gasteiger partial charge is 0.321 e. The molecule has 2 rings (SSSR count). The van der Waals surface area contributed by atoms with Crippen LogP contribution < -0.4 is 10.1 Å². The second-order valence-electron chi connectivity index (χ2n) is 5.57. The maximum absolute atomic E-state index is 12.3. The Morgan fingerprint density at radius 1 is 1.46 bits per heavy atom. The van der Waals surface area contributed by atoms with E-state index in [4.69, 9.17) is 10.00 Å². The molecule has 7 nitrogen and oxygen atoms in total. The highest BCUT2D eigenvalue weighted by Crippen LogP contribution is 2.24. The van der Waals surface area contributed by atoms with Gasteiger partial charge in [0.15, 0.2) is 0 Å². The van der Waals surface area contributed by atoms with E-state index in [1.165, 1.54) is 7.11 Å². The van der Waals surface area contributed by atoms with Crippen molar-refractivity contribution in [3.8, 4) is 11.8 Å². The number of rotatable bonds is 5. The van der Waals surface area contributed by atoms with Crippen molar-refractivity contribution in [2.75, 3.05) is 32.1 Å². The molecule has 0 aliphatic carbocycles. The molecule has 1 fully saturated rings. The van der Waals surface area contributed by atoms with Crippen LogP contribution in [0.3, 0.4) is 0 Å². The van der Waals surface area contributed by atoms with Crippen LogP contribution in [0.5, 0.6) is 5.75 Å². The fraction of sp³-hybridized carbons (Fsp3) is 0.471. The minimum Gasteiger partial charge on any atom is -0.492 e. The zero-order valence-corrected chi connectivity index (χ0v) is 13.9. The number of nitriles is 1. The maximum atomic E-state index is 12.3. The van der Waals surface area contributed by atoms with E-state index in [0.717, 1.165) is 6.42 Å². The van der Waals surface area contributed by atoms with Gasteiger partial charge in [-0.15, -0.1) is 0 Å². The number of esters is 1. The summed E-state index contributed by atoms with van der Waals surface area (Å²) < 4.78 is 10.0. The van der Waals surface area contributed by atoms with Crippen LogP contribution in [0.15, 0.2) is 18.2 Å². The second-order valence-corrected chi connectivity index (χ2v) is 5.57. The zero-order valence-electron chi connectivity index (χ0n) is 13.9. The van der Waals surface area contributed by atoms with Gasteiger partial charge in [-0.3, -0.25) is 4.79 Å². The summed E-state index contributed by atoms with van der Waals surface area (Å²) in [4.78, 5) is 25.3. The van der Waals surface area contributed by atoms with Crippen molar-refractivity contribution < 1.29 is 19.1 Å². The first-order valence-corrected chi connectivity index (χ1v) is 7.87. The van der Waals surface area contributed by atoms with Crippen molar-refractivity contribution in [1.29, 1.82) is 5.26 Å². The molecule has 1 aromatic rings. The Morgan fingerprint density at radius 2 is 2.25 bits per heavy atom. The van der Waals surface area contributed by atoms with Crippen molar-refractivity contribution >= 4 is 17.7 Å². The largest absolute Gasteiger partial charge is 0.492 e. The number of benzene rings is 1. The molecule has 0 saturated carbocycles. The van der Waals surface area contributed by atoms with E-state index >= 15 is 0 Å². The van der Waals surface area contributed by atoms with E-state index in [9.17, 15) is 9.59 Å². The van der Waals surface area contributed by atoms with E-state index in [0.29, 0.717) is 43.1 Å². The van der Waals surface area contributed by atoms with Gasteiger partial charge in [-0.2, -0.15) is 5.26 Å². The average molecular weight is 331 g/mol. The van der Waals surface area contributed by atoms with Gasteiger partial charge in [-0.05, 0) is 37.5 Å². The third kappa shape index (κ3) is 4.38. The molecule has 0 radical (unpaired) electrons. The Bertz CT molecular complexity index is 654. The molecule has 0 spiro atoms. The Morgan fingerprint density at radius 3 is 2.92 bits per heavy atom. The van der Waals surface area contributed by atoms with Gasteiger partial charge >= 0.3 is 12.0 Å². The second kappa shape index (κ2) is 8.20. The minimum absolute atomic E-state index is 0.123. The summed E-state index contributed by atoms with van der Waals surface area (Å²) in [6.07, 6.45) is 1.09. The minimum atomic E-state index is -0.257. The van der Waals surface area contributed by atoms with Gasteiger partial charge in [0.2, 0.25) is 0 Å². The summed E-state index contributed by atoms with van der Waals surface area (Å²) in [5.74, 6) is 0.364. The van der Waals surface area contributed by atoms with Crippen LogP contribution in [0.25, 0.3) is 0 Å². The van der Waals surface area contributed by atoms with Gasteiger partial charge in [0, 0.05) is 18.8 Å². The van der Waals surface area contributed by atoms with Gasteiger partial charge in [-0.25, -0.2) is 4.79 Å². The summed E-state index contributed by atoms with van der Waals surface area (Å²) in [6, 6.07) is 6.77. The van der Waals surface area contributed by atoms with Crippen LogP contribution in [0.1, 0.15) is 25.3 Å². The first kappa shape index (κ1) is 17.6. The van der Waals surface area contributed by atoms with E-state index in [2.05, 4.69) is 16.1 Å². The van der Waals surface area contributed by atoms with Crippen LogP contribution in [0, 0.1) is 17.2 Å². The number of amides is 2. The molecule has 0 bridgehead atoms.